The van der Waals surface area contributed by atoms with Crippen LogP contribution in [0.5, 0.6) is 0 Å². The maximum atomic E-state index is 12.5. The molecule has 0 saturated carbocycles. The van der Waals surface area contributed by atoms with E-state index in [0.717, 1.165) is 24.3 Å². The van der Waals surface area contributed by atoms with Crippen LogP contribution in [0.2, 0.25) is 0 Å². The quantitative estimate of drug-likeness (QED) is 0.566. The highest BCUT2D eigenvalue weighted by Crippen LogP contribution is 2.19. The number of carbonyl (C=O) groups excluding carboxylic acids is 3. The Hall–Kier alpha value is -3.39. The molecule has 1 aliphatic heterocycles. The van der Waals surface area contributed by atoms with E-state index in [9.17, 15) is 14.4 Å². The van der Waals surface area contributed by atoms with Gasteiger partial charge in [0.2, 0.25) is 5.91 Å². The fourth-order valence-electron chi connectivity index (χ4n) is 3.50. The molecule has 1 aliphatic rings. The number of anilines is 2. The molecule has 2 aromatic carbocycles. The summed E-state index contributed by atoms with van der Waals surface area (Å²) in [7, 11) is 0. The second-order valence-electron chi connectivity index (χ2n) is 8.25. The van der Waals surface area contributed by atoms with Gasteiger partial charge in [0.1, 0.15) is 6.04 Å². The summed E-state index contributed by atoms with van der Waals surface area (Å²) < 4.78 is 10.5. The van der Waals surface area contributed by atoms with E-state index in [1.54, 1.807) is 0 Å². The molecular weight excluding hydrogens is 422 g/mol. The van der Waals surface area contributed by atoms with Crippen LogP contribution in [0, 0.1) is 5.92 Å². The minimum Gasteiger partial charge on any atom is -0.454 e. The SMILES string of the molecule is CC(C)[C@H](NC(=O)Cc1ccccc1)C(=O)OCC(=O)Nc1ccc(N2CCOCC2)cc1. The molecule has 8 heteroatoms. The van der Waals surface area contributed by atoms with Crippen molar-refractivity contribution < 1.29 is 23.9 Å². The highest BCUT2D eigenvalue weighted by molar-refractivity contribution is 5.93. The summed E-state index contributed by atoms with van der Waals surface area (Å²) in [5, 5.41) is 5.44. The van der Waals surface area contributed by atoms with Crippen LogP contribution in [0.15, 0.2) is 54.6 Å². The lowest BCUT2D eigenvalue weighted by Crippen LogP contribution is -2.46. The summed E-state index contributed by atoms with van der Waals surface area (Å²) in [4.78, 5) is 39.3. The number of nitrogens with one attached hydrogen (secondary N) is 2. The Morgan fingerprint density at radius 2 is 1.64 bits per heavy atom. The molecule has 33 heavy (non-hydrogen) atoms. The largest absolute Gasteiger partial charge is 0.454 e. The fraction of sp³-hybridized carbons (Fsp3) is 0.400. The second kappa shape index (κ2) is 12.0. The molecule has 0 spiro atoms. The molecule has 0 unspecified atom stereocenters. The number of rotatable bonds is 9. The van der Waals surface area contributed by atoms with Crippen LogP contribution < -0.4 is 15.5 Å². The number of carbonyl (C=O) groups is 3. The van der Waals surface area contributed by atoms with Crippen molar-refractivity contribution >= 4 is 29.2 Å². The molecule has 0 bridgehead atoms. The van der Waals surface area contributed by atoms with Gasteiger partial charge in [-0.15, -0.1) is 0 Å². The minimum atomic E-state index is -0.832. The Morgan fingerprint density at radius 1 is 0.970 bits per heavy atom. The number of hydrogen-bond donors (Lipinski definition) is 2. The average Bonchev–Trinajstić information content (AvgIpc) is 2.82. The van der Waals surface area contributed by atoms with Crippen molar-refractivity contribution in [3.05, 3.63) is 60.2 Å². The van der Waals surface area contributed by atoms with Gasteiger partial charge in [0.05, 0.1) is 19.6 Å². The molecule has 1 heterocycles. The van der Waals surface area contributed by atoms with E-state index in [4.69, 9.17) is 9.47 Å². The first-order valence-corrected chi connectivity index (χ1v) is 11.1. The summed E-state index contributed by atoms with van der Waals surface area (Å²) in [5.41, 5.74) is 2.53. The van der Waals surface area contributed by atoms with Crippen LogP contribution in [-0.4, -0.2) is 56.7 Å². The van der Waals surface area contributed by atoms with Gasteiger partial charge in [-0.1, -0.05) is 44.2 Å². The Morgan fingerprint density at radius 3 is 2.27 bits per heavy atom. The van der Waals surface area contributed by atoms with E-state index >= 15 is 0 Å². The van der Waals surface area contributed by atoms with Crippen LogP contribution in [0.25, 0.3) is 0 Å². The average molecular weight is 454 g/mol. The van der Waals surface area contributed by atoms with Gasteiger partial charge in [-0.05, 0) is 35.7 Å². The maximum absolute atomic E-state index is 12.5. The maximum Gasteiger partial charge on any atom is 0.329 e. The van der Waals surface area contributed by atoms with Crippen molar-refractivity contribution in [2.45, 2.75) is 26.3 Å². The van der Waals surface area contributed by atoms with Gasteiger partial charge in [0.15, 0.2) is 6.61 Å². The van der Waals surface area contributed by atoms with Gasteiger partial charge >= 0.3 is 5.97 Å². The molecular formula is C25H31N3O5. The molecule has 0 aliphatic carbocycles. The lowest BCUT2D eigenvalue weighted by Gasteiger charge is -2.28. The van der Waals surface area contributed by atoms with Crippen LogP contribution in [0.1, 0.15) is 19.4 Å². The van der Waals surface area contributed by atoms with E-state index in [2.05, 4.69) is 15.5 Å². The third kappa shape index (κ3) is 7.61. The Labute approximate surface area is 194 Å². The molecule has 1 atom stereocenters. The van der Waals surface area contributed by atoms with Crippen molar-refractivity contribution in [2.24, 2.45) is 5.92 Å². The van der Waals surface area contributed by atoms with E-state index < -0.39 is 24.5 Å². The fourth-order valence-corrected chi connectivity index (χ4v) is 3.50. The number of amides is 2. The Balaban J connectivity index is 1.46. The zero-order valence-electron chi connectivity index (χ0n) is 19.1. The molecule has 8 nitrogen and oxygen atoms in total. The predicted octanol–water partition coefficient (Wildman–Crippen LogP) is 2.39. The third-order valence-corrected chi connectivity index (χ3v) is 5.32. The molecule has 1 fully saturated rings. The van der Waals surface area contributed by atoms with E-state index in [0.29, 0.717) is 18.9 Å². The van der Waals surface area contributed by atoms with Crippen molar-refractivity contribution in [3.8, 4) is 0 Å². The van der Waals surface area contributed by atoms with E-state index in [1.165, 1.54) is 0 Å². The van der Waals surface area contributed by atoms with Gasteiger partial charge in [-0.2, -0.15) is 0 Å². The normalized spacial score (nSPS) is 14.5. The van der Waals surface area contributed by atoms with Crippen LogP contribution >= 0.6 is 0 Å². The zero-order chi connectivity index (χ0) is 23.6. The predicted molar refractivity (Wildman–Crippen MR) is 126 cm³/mol. The molecule has 2 amide bonds. The first-order chi connectivity index (χ1) is 15.9. The molecule has 2 N–H and O–H groups in total. The molecule has 2 aromatic rings. The number of ether oxygens (including phenoxy) is 2. The van der Waals surface area contributed by atoms with Gasteiger partial charge in [-0.3, -0.25) is 9.59 Å². The van der Waals surface area contributed by atoms with Crippen molar-refractivity contribution in [1.29, 1.82) is 0 Å². The lowest BCUT2D eigenvalue weighted by atomic mass is 10.0. The minimum absolute atomic E-state index is 0.165. The number of morpholine rings is 1. The molecule has 1 saturated heterocycles. The summed E-state index contributed by atoms with van der Waals surface area (Å²) in [6.45, 7) is 6.26. The zero-order valence-corrected chi connectivity index (χ0v) is 19.1. The third-order valence-electron chi connectivity index (χ3n) is 5.32. The standard InChI is InChI=1S/C25H31N3O5/c1-18(2)24(27-22(29)16-19-6-4-3-5-7-19)25(31)33-17-23(30)26-20-8-10-21(11-9-20)28-12-14-32-15-13-28/h3-11,18,24H,12-17H2,1-2H3,(H,26,30)(H,27,29)/t24-/m0/s1. The number of hydrogen-bond acceptors (Lipinski definition) is 6. The number of nitrogens with zero attached hydrogens (tertiary/aromatic N) is 1. The molecule has 0 aromatic heterocycles. The van der Waals surface area contributed by atoms with Crippen molar-refractivity contribution in [1.82, 2.24) is 5.32 Å². The van der Waals surface area contributed by atoms with E-state index in [-0.39, 0.29) is 18.2 Å². The number of esters is 1. The highest BCUT2D eigenvalue weighted by Gasteiger charge is 2.26. The summed E-state index contributed by atoms with van der Waals surface area (Å²) in [6, 6.07) is 15.9. The summed E-state index contributed by atoms with van der Waals surface area (Å²) in [6.07, 6.45) is 0.165. The molecule has 0 radical (unpaired) electrons. The topological polar surface area (TPSA) is 97.0 Å². The molecule has 3 rings (SSSR count). The van der Waals surface area contributed by atoms with Gasteiger partial charge in [0.25, 0.3) is 5.91 Å². The first kappa shape index (κ1) is 24.3. The van der Waals surface area contributed by atoms with Crippen LogP contribution in [0.3, 0.4) is 0 Å². The summed E-state index contributed by atoms with van der Waals surface area (Å²) >= 11 is 0. The van der Waals surface area contributed by atoms with Gasteiger partial charge in [0, 0.05) is 24.5 Å². The first-order valence-electron chi connectivity index (χ1n) is 11.1. The number of benzene rings is 2. The Kier molecular flexibility index (Phi) is 8.83. The van der Waals surface area contributed by atoms with E-state index in [1.807, 2.05) is 68.4 Å². The second-order valence-corrected chi connectivity index (χ2v) is 8.25. The molecule has 176 valence electrons. The van der Waals surface area contributed by atoms with Crippen molar-refractivity contribution in [2.75, 3.05) is 43.1 Å². The van der Waals surface area contributed by atoms with Crippen LogP contribution in [-0.2, 0) is 30.3 Å². The highest BCUT2D eigenvalue weighted by atomic mass is 16.5. The smallest absolute Gasteiger partial charge is 0.329 e. The monoisotopic (exact) mass is 453 g/mol. The van der Waals surface area contributed by atoms with Gasteiger partial charge in [-0.25, -0.2) is 4.79 Å². The van der Waals surface area contributed by atoms with Gasteiger partial charge < -0.3 is 25.0 Å². The Bertz CT molecular complexity index is 925. The van der Waals surface area contributed by atoms with Crippen molar-refractivity contribution in [3.63, 3.8) is 0 Å². The summed E-state index contributed by atoms with van der Waals surface area (Å²) in [5.74, 6) is -1.54. The lowest BCUT2D eigenvalue weighted by molar-refractivity contribution is -0.151. The van der Waals surface area contributed by atoms with Crippen LogP contribution in [0.4, 0.5) is 11.4 Å².